The van der Waals surface area contributed by atoms with Gasteiger partial charge in [0.2, 0.25) is 5.91 Å². The standard InChI is InChI=1S/C24H32N4O3/c1-4-30-21-13-19-12-17(2)31-22(19)14-20(21)15-27-24(25-3)28-16-23(29)26-11-10-18-8-6-5-7-9-18/h5-9,13-14,17H,4,10-12,15-16H2,1-3H3,(H,26,29)(H2,25,27,28). The van der Waals surface area contributed by atoms with E-state index in [2.05, 4.69) is 46.1 Å². The van der Waals surface area contributed by atoms with Gasteiger partial charge in [-0.1, -0.05) is 30.3 Å². The Balaban J connectivity index is 1.47. The molecule has 0 spiro atoms. The van der Waals surface area contributed by atoms with E-state index in [9.17, 15) is 4.79 Å². The molecule has 7 heteroatoms. The Morgan fingerprint density at radius 3 is 2.74 bits per heavy atom. The van der Waals surface area contributed by atoms with Crippen molar-refractivity contribution >= 4 is 11.9 Å². The maximum absolute atomic E-state index is 12.1. The molecule has 0 bridgehead atoms. The first kappa shape index (κ1) is 22.5. The molecule has 1 aliphatic rings. The van der Waals surface area contributed by atoms with Crippen molar-refractivity contribution in [3.63, 3.8) is 0 Å². The number of benzene rings is 2. The minimum Gasteiger partial charge on any atom is -0.494 e. The summed E-state index contributed by atoms with van der Waals surface area (Å²) in [5, 5.41) is 9.22. The average molecular weight is 425 g/mol. The first-order chi connectivity index (χ1) is 15.1. The molecule has 1 amide bonds. The van der Waals surface area contributed by atoms with E-state index in [1.807, 2.05) is 31.2 Å². The summed E-state index contributed by atoms with van der Waals surface area (Å²) in [7, 11) is 1.68. The van der Waals surface area contributed by atoms with Crippen LogP contribution in [-0.2, 0) is 24.2 Å². The first-order valence-electron chi connectivity index (χ1n) is 10.8. The van der Waals surface area contributed by atoms with Gasteiger partial charge in [0.15, 0.2) is 5.96 Å². The SMILES string of the molecule is CCOc1cc2c(cc1CNC(=NC)NCC(=O)NCCc1ccccc1)OC(C)C2. The predicted molar refractivity (Wildman–Crippen MR) is 123 cm³/mol. The van der Waals surface area contributed by atoms with Crippen LogP contribution in [0.1, 0.15) is 30.5 Å². The van der Waals surface area contributed by atoms with Crippen molar-refractivity contribution in [2.24, 2.45) is 4.99 Å². The number of guanidine groups is 1. The number of carbonyl (C=O) groups excluding carboxylic acids is 1. The molecular weight excluding hydrogens is 392 g/mol. The summed E-state index contributed by atoms with van der Waals surface area (Å²) in [5.41, 5.74) is 3.37. The summed E-state index contributed by atoms with van der Waals surface area (Å²) in [6.45, 7) is 5.89. The number of aliphatic imine (C=N–C) groups is 1. The largest absolute Gasteiger partial charge is 0.494 e. The van der Waals surface area contributed by atoms with Crippen LogP contribution in [0.25, 0.3) is 0 Å². The number of rotatable bonds is 9. The van der Waals surface area contributed by atoms with Crippen molar-refractivity contribution in [1.82, 2.24) is 16.0 Å². The van der Waals surface area contributed by atoms with Gasteiger partial charge in [-0.25, -0.2) is 0 Å². The lowest BCUT2D eigenvalue weighted by Gasteiger charge is -2.15. The van der Waals surface area contributed by atoms with E-state index >= 15 is 0 Å². The van der Waals surface area contributed by atoms with Crippen LogP contribution < -0.4 is 25.4 Å². The molecule has 0 radical (unpaired) electrons. The van der Waals surface area contributed by atoms with Crippen molar-refractivity contribution in [2.75, 3.05) is 26.7 Å². The zero-order chi connectivity index (χ0) is 22.1. The van der Waals surface area contributed by atoms with E-state index in [-0.39, 0.29) is 18.6 Å². The summed E-state index contributed by atoms with van der Waals surface area (Å²) in [4.78, 5) is 16.3. The van der Waals surface area contributed by atoms with Gasteiger partial charge in [0.1, 0.15) is 17.6 Å². The van der Waals surface area contributed by atoms with Crippen LogP contribution in [0, 0.1) is 0 Å². The predicted octanol–water partition coefficient (Wildman–Crippen LogP) is 2.43. The average Bonchev–Trinajstić information content (AvgIpc) is 3.13. The Bertz CT molecular complexity index is 899. The van der Waals surface area contributed by atoms with Crippen molar-refractivity contribution < 1.29 is 14.3 Å². The highest BCUT2D eigenvalue weighted by molar-refractivity contribution is 5.86. The van der Waals surface area contributed by atoms with Crippen molar-refractivity contribution in [2.45, 2.75) is 39.3 Å². The zero-order valence-corrected chi connectivity index (χ0v) is 18.5. The van der Waals surface area contributed by atoms with Crippen molar-refractivity contribution in [3.05, 3.63) is 59.2 Å². The molecule has 1 heterocycles. The smallest absolute Gasteiger partial charge is 0.239 e. The molecule has 0 saturated heterocycles. The summed E-state index contributed by atoms with van der Waals surface area (Å²) >= 11 is 0. The summed E-state index contributed by atoms with van der Waals surface area (Å²) in [5.74, 6) is 2.23. The van der Waals surface area contributed by atoms with Crippen molar-refractivity contribution in [3.8, 4) is 11.5 Å². The highest BCUT2D eigenvalue weighted by Crippen LogP contribution is 2.35. The van der Waals surface area contributed by atoms with Crippen LogP contribution in [-0.4, -0.2) is 44.7 Å². The lowest BCUT2D eigenvalue weighted by Crippen LogP contribution is -2.43. The Morgan fingerprint density at radius 1 is 1.19 bits per heavy atom. The molecule has 1 unspecified atom stereocenters. The van der Waals surface area contributed by atoms with Crippen LogP contribution in [0.4, 0.5) is 0 Å². The Morgan fingerprint density at radius 2 is 2.00 bits per heavy atom. The minimum absolute atomic E-state index is 0.0752. The third kappa shape index (κ3) is 6.64. The van der Waals surface area contributed by atoms with Gasteiger partial charge >= 0.3 is 0 Å². The topological polar surface area (TPSA) is 84.0 Å². The van der Waals surface area contributed by atoms with Gasteiger partial charge < -0.3 is 25.4 Å². The van der Waals surface area contributed by atoms with Gasteiger partial charge in [0.25, 0.3) is 0 Å². The molecule has 166 valence electrons. The molecule has 0 aromatic heterocycles. The molecule has 3 rings (SSSR count). The number of nitrogens with one attached hydrogen (secondary N) is 3. The summed E-state index contributed by atoms with van der Waals surface area (Å²) in [6.07, 6.45) is 1.88. The number of fused-ring (bicyclic) bond motifs is 1. The number of amides is 1. The Kier molecular flexibility index (Phi) is 8.15. The second kappa shape index (κ2) is 11.2. The lowest BCUT2D eigenvalue weighted by atomic mass is 10.1. The second-order valence-corrected chi connectivity index (χ2v) is 7.50. The first-order valence-corrected chi connectivity index (χ1v) is 10.8. The summed E-state index contributed by atoms with van der Waals surface area (Å²) in [6, 6.07) is 14.2. The van der Waals surface area contributed by atoms with Gasteiger partial charge in [-0.05, 0) is 38.0 Å². The number of nitrogens with zero attached hydrogens (tertiary/aromatic N) is 1. The highest BCUT2D eigenvalue weighted by atomic mass is 16.5. The fourth-order valence-electron chi connectivity index (χ4n) is 3.53. The van der Waals surface area contributed by atoms with E-state index < -0.39 is 0 Å². The van der Waals surface area contributed by atoms with Crippen LogP contribution in [0.5, 0.6) is 11.5 Å². The molecule has 2 aromatic rings. The zero-order valence-electron chi connectivity index (χ0n) is 18.5. The van der Waals surface area contributed by atoms with Crippen LogP contribution >= 0.6 is 0 Å². The van der Waals surface area contributed by atoms with Gasteiger partial charge in [-0.3, -0.25) is 9.79 Å². The molecule has 7 nitrogen and oxygen atoms in total. The van der Waals surface area contributed by atoms with Crippen LogP contribution in [0.2, 0.25) is 0 Å². The van der Waals surface area contributed by atoms with Gasteiger partial charge in [0.05, 0.1) is 13.2 Å². The van der Waals surface area contributed by atoms with E-state index in [0.717, 1.165) is 29.9 Å². The molecule has 0 saturated carbocycles. The maximum atomic E-state index is 12.1. The number of hydrogen-bond acceptors (Lipinski definition) is 4. The molecule has 0 fully saturated rings. The van der Waals surface area contributed by atoms with E-state index in [4.69, 9.17) is 9.47 Å². The lowest BCUT2D eigenvalue weighted by molar-refractivity contribution is -0.119. The fourth-order valence-corrected chi connectivity index (χ4v) is 3.53. The maximum Gasteiger partial charge on any atom is 0.239 e. The molecule has 3 N–H and O–H groups in total. The monoisotopic (exact) mass is 424 g/mol. The summed E-state index contributed by atoms with van der Waals surface area (Å²) < 4.78 is 11.7. The molecule has 2 aromatic carbocycles. The van der Waals surface area contributed by atoms with Gasteiger partial charge in [0, 0.05) is 37.7 Å². The quantitative estimate of drug-likeness (QED) is 0.425. The van der Waals surface area contributed by atoms with Crippen LogP contribution in [0.15, 0.2) is 47.5 Å². The van der Waals surface area contributed by atoms with Gasteiger partial charge in [-0.2, -0.15) is 0 Å². The van der Waals surface area contributed by atoms with E-state index in [1.165, 1.54) is 11.1 Å². The molecule has 1 atom stereocenters. The number of carbonyl (C=O) groups is 1. The molecular formula is C24H32N4O3. The van der Waals surface area contributed by atoms with Gasteiger partial charge in [-0.15, -0.1) is 0 Å². The Labute approximate surface area is 184 Å². The Hall–Kier alpha value is -3.22. The van der Waals surface area contributed by atoms with E-state index in [1.54, 1.807) is 7.05 Å². The number of ether oxygens (including phenoxy) is 2. The molecule has 31 heavy (non-hydrogen) atoms. The van der Waals surface area contributed by atoms with Crippen molar-refractivity contribution in [1.29, 1.82) is 0 Å². The van der Waals surface area contributed by atoms with Crippen LogP contribution in [0.3, 0.4) is 0 Å². The normalized spacial score (nSPS) is 15.1. The second-order valence-electron chi connectivity index (χ2n) is 7.50. The fraction of sp³-hybridized carbons (Fsp3) is 0.417. The number of hydrogen-bond donors (Lipinski definition) is 3. The minimum atomic E-state index is -0.0752. The van der Waals surface area contributed by atoms with E-state index in [0.29, 0.717) is 25.7 Å². The third-order valence-electron chi connectivity index (χ3n) is 5.04. The third-order valence-corrected chi connectivity index (χ3v) is 5.04. The molecule has 1 aliphatic heterocycles. The highest BCUT2D eigenvalue weighted by Gasteiger charge is 2.22. The molecule has 0 aliphatic carbocycles.